The Labute approximate surface area is 82.0 Å². The number of carbonyl (C=O) groups excluding carboxylic acids is 1. The Kier molecular flexibility index (Phi) is 7.24. The molecule has 74 valence electrons. The maximum atomic E-state index is 9.82. The van der Waals surface area contributed by atoms with Gasteiger partial charge in [-0.3, -0.25) is 4.79 Å². The fraction of sp³-hybridized carbons (Fsp3) is 0.444. The van der Waals surface area contributed by atoms with Gasteiger partial charge in [0.05, 0.1) is 13.2 Å². The van der Waals surface area contributed by atoms with Crippen LogP contribution in [0.4, 0.5) is 0 Å². The highest BCUT2D eigenvalue weighted by Gasteiger charge is 1.84. The van der Waals surface area contributed by atoms with E-state index in [9.17, 15) is 4.79 Å². The third-order valence-corrected chi connectivity index (χ3v) is 1.94. The highest BCUT2D eigenvalue weighted by molar-refractivity contribution is 7.09. The molecule has 1 aromatic heterocycles. The van der Waals surface area contributed by atoms with Gasteiger partial charge >= 0.3 is 5.97 Å². The van der Waals surface area contributed by atoms with Crippen LogP contribution >= 0.6 is 11.3 Å². The second-order valence-corrected chi connectivity index (χ2v) is 3.19. The van der Waals surface area contributed by atoms with Crippen LogP contribution in [-0.2, 0) is 16.1 Å². The molecule has 1 aromatic rings. The Balaban J connectivity index is 0.000000226. The van der Waals surface area contributed by atoms with Crippen LogP contribution in [0.1, 0.15) is 18.7 Å². The van der Waals surface area contributed by atoms with Gasteiger partial charge in [0.25, 0.3) is 0 Å². The molecule has 0 unspecified atom stereocenters. The average Bonchev–Trinajstić information content (AvgIpc) is 2.56. The van der Waals surface area contributed by atoms with Crippen LogP contribution < -0.4 is 0 Å². The number of aliphatic hydroxyl groups is 1. The van der Waals surface area contributed by atoms with Gasteiger partial charge in [0, 0.05) is 11.8 Å². The van der Waals surface area contributed by atoms with Crippen LogP contribution in [0.5, 0.6) is 0 Å². The SMILES string of the molecule is CCOC(C)=O.OCc1cccs1. The molecule has 3 nitrogen and oxygen atoms in total. The largest absolute Gasteiger partial charge is 0.466 e. The minimum Gasteiger partial charge on any atom is -0.466 e. The average molecular weight is 202 g/mol. The van der Waals surface area contributed by atoms with Crippen molar-refractivity contribution >= 4 is 17.3 Å². The Morgan fingerprint density at radius 1 is 1.69 bits per heavy atom. The van der Waals surface area contributed by atoms with E-state index in [0.717, 1.165) is 4.88 Å². The number of hydrogen-bond donors (Lipinski definition) is 1. The third kappa shape index (κ3) is 7.49. The normalized spacial score (nSPS) is 8.54. The maximum Gasteiger partial charge on any atom is 0.302 e. The lowest BCUT2D eigenvalue weighted by Crippen LogP contribution is -1.95. The summed E-state index contributed by atoms with van der Waals surface area (Å²) in [6.45, 7) is 3.83. The molecule has 0 fully saturated rings. The van der Waals surface area contributed by atoms with Crippen LogP contribution in [0, 0.1) is 0 Å². The highest BCUT2D eigenvalue weighted by Crippen LogP contribution is 2.06. The van der Waals surface area contributed by atoms with Crippen molar-refractivity contribution in [3.63, 3.8) is 0 Å². The van der Waals surface area contributed by atoms with Crippen LogP contribution in [0.15, 0.2) is 17.5 Å². The van der Waals surface area contributed by atoms with Crippen molar-refractivity contribution < 1.29 is 14.6 Å². The molecule has 0 radical (unpaired) electrons. The molecule has 0 aliphatic carbocycles. The molecule has 13 heavy (non-hydrogen) atoms. The summed E-state index contributed by atoms with van der Waals surface area (Å²) in [7, 11) is 0. The lowest BCUT2D eigenvalue weighted by molar-refractivity contribution is -0.140. The summed E-state index contributed by atoms with van der Waals surface area (Å²) in [5.74, 6) is -0.211. The van der Waals surface area contributed by atoms with Gasteiger partial charge in [-0.25, -0.2) is 0 Å². The molecule has 0 aromatic carbocycles. The summed E-state index contributed by atoms with van der Waals surface area (Å²) >= 11 is 1.57. The molecule has 1 rings (SSSR count). The van der Waals surface area contributed by atoms with E-state index >= 15 is 0 Å². The van der Waals surface area contributed by atoms with Crippen molar-refractivity contribution in [1.82, 2.24) is 0 Å². The van der Waals surface area contributed by atoms with Gasteiger partial charge in [-0.05, 0) is 18.4 Å². The van der Waals surface area contributed by atoms with Crippen molar-refractivity contribution in [1.29, 1.82) is 0 Å². The van der Waals surface area contributed by atoms with Gasteiger partial charge in [-0.15, -0.1) is 11.3 Å². The number of esters is 1. The molecule has 0 saturated heterocycles. The van der Waals surface area contributed by atoms with Gasteiger partial charge in [-0.1, -0.05) is 6.07 Å². The van der Waals surface area contributed by atoms with Crippen molar-refractivity contribution in [2.45, 2.75) is 20.5 Å². The van der Waals surface area contributed by atoms with E-state index in [0.29, 0.717) is 6.61 Å². The first kappa shape index (κ1) is 12.1. The van der Waals surface area contributed by atoms with Crippen LogP contribution in [0.3, 0.4) is 0 Å². The zero-order valence-corrected chi connectivity index (χ0v) is 8.63. The molecule has 0 aliphatic rings. The Bertz CT molecular complexity index is 219. The van der Waals surface area contributed by atoms with E-state index in [-0.39, 0.29) is 12.6 Å². The fourth-order valence-electron chi connectivity index (χ4n) is 0.606. The van der Waals surface area contributed by atoms with E-state index in [4.69, 9.17) is 5.11 Å². The van der Waals surface area contributed by atoms with E-state index in [2.05, 4.69) is 4.74 Å². The second-order valence-electron chi connectivity index (χ2n) is 2.16. The first-order valence-corrected chi connectivity index (χ1v) is 4.85. The van der Waals surface area contributed by atoms with Gasteiger partial charge in [0.1, 0.15) is 0 Å². The monoisotopic (exact) mass is 202 g/mol. The number of aliphatic hydroxyl groups excluding tert-OH is 1. The molecular weight excluding hydrogens is 188 g/mol. The topological polar surface area (TPSA) is 46.5 Å². The smallest absolute Gasteiger partial charge is 0.302 e. The maximum absolute atomic E-state index is 9.82. The summed E-state index contributed by atoms with van der Waals surface area (Å²) in [5, 5.41) is 10.4. The zero-order valence-electron chi connectivity index (χ0n) is 7.82. The molecule has 0 spiro atoms. The second kappa shape index (κ2) is 7.76. The predicted octanol–water partition coefficient (Wildman–Crippen LogP) is 1.81. The Morgan fingerprint density at radius 3 is 2.54 bits per heavy atom. The summed E-state index contributed by atoms with van der Waals surface area (Å²) in [6, 6.07) is 3.83. The van der Waals surface area contributed by atoms with Gasteiger partial charge in [0.15, 0.2) is 0 Å². The molecule has 0 bridgehead atoms. The number of rotatable bonds is 2. The fourth-order valence-corrected chi connectivity index (χ4v) is 1.17. The van der Waals surface area contributed by atoms with Gasteiger partial charge < -0.3 is 9.84 Å². The predicted molar refractivity (Wildman–Crippen MR) is 52.5 cm³/mol. The van der Waals surface area contributed by atoms with Crippen LogP contribution in [0.2, 0.25) is 0 Å². The Morgan fingerprint density at radius 2 is 2.38 bits per heavy atom. The number of carbonyl (C=O) groups is 1. The Hall–Kier alpha value is -0.870. The molecule has 0 atom stereocenters. The molecule has 0 amide bonds. The zero-order chi connectivity index (χ0) is 10.1. The molecule has 4 heteroatoms. The third-order valence-electron chi connectivity index (χ3n) is 1.08. The quantitative estimate of drug-likeness (QED) is 0.744. The summed E-state index contributed by atoms with van der Waals surface area (Å²) in [5.41, 5.74) is 0. The highest BCUT2D eigenvalue weighted by atomic mass is 32.1. The standard InChI is InChI=1S/C5H6OS.C4H8O2/c6-4-5-2-1-3-7-5;1-3-6-4(2)5/h1-3,6H,4H2;3H2,1-2H3. The van der Waals surface area contributed by atoms with E-state index in [1.807, 2.05) is 17.5 Å². The van der Waals surface area contributed by atoms with E-state index in [1.165, 1.54) is 6.92 Å². The number of hydrogen-bond acceptors (Lipinski definition) is 4. The number of thiophene rings is 1. The van der Waals surface area contributed by atoms with Crippen LogP contribution in [0.25, 0.3) is 0 Å². The molecule has 1 N–H and O–H groups in total. The van der Waals surface area contributed by atoms with E-state index in [1.54, 1.807) is 18.3 Å². The molecule has 0 saturated carbocycles. The van der Waals surface area contributed by atoms with Crippen molar-refractivity contribution in [3.8, 4) is 0 Å². The minimum atomic E-state index is -0.211. The number of ether oxygens (including phenoxy) is 1. The summed E-state index contributed by atoms with van der Waals surface area (Å²) in [4.78, 5) is 10.8. The molecule has 0 aliphatic heterocycles. The lowest BCUT2D eigenvalue weighted by Gasteiger charge is -1.89. The lowest BCUT2D eigenvalue weighted by atomic mass is 10.5. The first-order valence-electron chi connectivity index (χ1n) is 3.97. The van der Waals surface area contributed by atoms with Crippen molar-refractivity contribution in [2.24, 2.45) is 0 Å². The summed E-state index contributed by atoms with van der Waals surface area (Å²) in [6.07, 6.45) is 0. The van der Waals surface area contributed by atoms with Crippen LogP contribution in [-0.4, -0.2) is 17.7 Å². The minimum absolute atomic E-state index is 0.178. The van der Waals surface area contributed by atoms with Crippen molar-refractivity contribution in [2.75, 3.05) is 6.61 Å². The molecular formula is C9H14O3S. The van der Waals surface area contributed by atoms with Gasteiger partial charge in [0.2, 0.25) is 0 Å². The van der Waals surface area contributed by atoms with Gasteiger partial charge in [-0.2, -0.15) is 0 Å². The van der Waals surface area contributed by atoms with E-state index < -0.39 is 0 Å². The summed E-state index contributed by atoms with van der Waals surface area (Å²) < 4.78 is 4.40. The molecule has 1 heterocycles. The first-order chi connectivity index (χ1) is 6.20. The van der Waals surface area contributed by atoms with Crippen molar-refractivity contribution in [3.05, 3.63) is 22.4 Å².